The van der Waals surface area contributed by atoms with E-state index < -0.39 is 0 Å². The molecule has 15 heavy (non-hydrogen) atoms. The van der Waals surface area contributed by atoms with Gasteiger partial charge in [-0.1, -0.05) is 6.07 Å². The number of aryl methyl sites for hydroxylation is 1. The second-order valence-electron chi connectivity index (χ2n) is 3.87. The second-order valence-corrected chi connectivity index (χ2v) is 3.87. The van der Waals surface area contributed by atoms with Crippen LogP contribution in [-0.4, -0.2) is 24.0 Å². The van der Waals surface area contributed by atoms with Crippen molar-refractivity contribution in [2.24, 2.45) is 5.73 Å². The Balaban J connectivity index is 2.46. The van der Waals surface area contributed by atoms with Crippen LogP contribution in [0.2, 0.25) is 0 Å². The van der Waals surface area contributed by atoms with Crippen LogP contribution in [0, 0.1) is 6.92 Å². The molecule has 2 N–H and O–H groups in total. The van der Waals surface area contributed by atoms with Crippen LogP contribution in [0.25, 0.3) is 11.1 Å². The first kappa shape index (κ1) is 10.1. The van der Waals surface area contributed by atoms with Crippen LogP contribution >= 0.6 is 0 Å². The molecule has 1 aromatic carbocycles. The van der Waals surface area contributed by atoms with E-state index in [1.165, 1.54) is 0 Å². The molecule has 2 rings (SSSR count). The molecule has 0 aliphatic heterocycles. The molecule has 4 nitrogen and oxygen atoms in total. The van der Waals surface area contributed by atoms with Gasteiger partial charge in [0, 0.05) is 6.92 Å². The Morgan fingerprint density at radius 1 is 1.40 bits per heavy atom. The number of benzene rings is 1. The van der Waals surface area contributed by atoms with Crippen LogP contribution in [0.15, 0.2) is 22.6 Å². The highest BCUT2D eigenvalue weighted by Gasteiger charge is 2.10. The van der Waals surface area contributed by atoms with Crippen LogP contribution in [-0.2, 0) is 0 Å². The minimum Gasteiger partial charge on any atom is -0.441 e. The number of oxazole rings is 1. The maximum absolute atomic E-state index is 6.00. The maximum atomic E-state index is 6.00. The first-order valence-corrected chi connectivity index (χ1v) is 4.87. The molecular formula is C11H15N3O. The molecule has 4 heteroatoms. The Hall–Kier alpha value is -1.39. The van der Waals surface area contributed by atoms with Crippen LogP contribution in [0.5, 0.6) is 0 Å². The predicted octanol–water partition coefficient (Wildman–Crippen LogP) is 1.66. The third-order valence-electron chi connectivity index (χ3n) is 2.42. The van der Waals surface area contributed by atoms with E-state index in [0.29, 0.717) is 5.89 Å². The number of rotatable bonds is 2. The number of nitrogens with zero attached hydrogens (tertiary/aromatic N) is 2. The molecule has 0 radical (unpaired) electrons. The Bertz CT molecular complexity index is 476. The monoisotopic (exact) mass is 205 g/mol. The average molecular weight is 205 g/mol. The molecule has 1 atom stereocenters. The zero-order chi connectivity index (χ0) is 11.0. The molecule has 0 saturated carbocycles. The Labute approximate surface area is 88.7 Å². The van der Waals surface area contributed by atoms with E-state index in [0.717, 1.165) is 16.7 Å². The molecule has 0 saturated heterocycles. The molecule has 0 aliphatic carbocycles. The van der Waals surface area contributed by atoms with E-state index in [9.17, 15) is 0 Å². The predicted molar refractivity (Wildman–Crippen MR) is 59.4 cm³/mol. The van der Waals surface area contributed by atoms with E-state index >= 15 is 0 Å². The van der Waals surface area contributed by atoms with Gasteiger partial charge in [-0.2, -0.15) is 0 Å². The van der Waals surface area contributed by atoms with Crippen molar-refractivity contribution in [3.63, 3.8) is 0 Å². The minimum atomic E-state index is -0.105. The molecule has 1 aromatic heterocycles. The molecule has 0 bridgehead atoms. The first-order chi connectivity index (χ1) is 7.08. The molecule has 1 heterocycles. The zero-order valence-electron chi connectivity index (χ0n) is 9.19. The number of aromatic nitrogens is 1. The minimum absolute atomic E-state index is 0.105. The normalized spacial score (nSPS) is 13.7. The van der Waals surface area contributed by atoms with Crippen molar-refractivity contribution in [3.05, 3.63) is 29.7 Å². The lowest BCUT2D eigenvalue weighted by Crippen LogP contribution is -2.27. The fourth-order valence-corrected chi connectivity index (χ4v) is 1.54. The third kappa shape index (κ3) is 1.86. The molecule has 0 spiro atoms. The topological polar surface area (TPSA) is 55.3 Å². The number of fused-ring (bicyclic) bond motifs is 1. The molecular weight excluding hydrogens is 190 g/mol. The quantitative estimate of drug-likeness (QED) is 0.757. The summed E-state index contributed by atoms with van der Waals surface area (Å²) in [6, 6.07) is 5.85. The third-order valence-corrected chi connectivity index (χ3v) is 2.42. The number of hydrogen-bond acceptors (Lipinski definition) is 4. The summed E-state index contributed by atoms with van der Waals surface area (Å²) in [5.74, 6) is 0.681. The fourth-order valence-electron chi connectivity index (χ4n) is 1.54. The molecule has 1 unspecified atom stereocenters. The maximum Gasteiger partial charge on any atom is 0.192 e. The van der Waals surface area contributed by atoms with Crippen LogP contribution in [0.1, 0.15) is 17.6 Å². The van der Waals surface area contributed by atoms with Crippen molar-refractivity contribution >= 4 is 11.1 Å². The van der Waals surface area contributed by atoms with Gasteiger partial charge in [-0.15, -0.1) is 0 Å². The summed E-state index contributed by atoms with van der Waals surface area (Å²) >= 11 is 0. The number of hydrogen-bond donors (Lipinski definition) is 1. The van der Waals surface area contributed by atoms with Crippen molar-refractivity contribution < 1.29 is 4.42 Å². The number of nitrogens with two attached hydrogens (primary N) is 1. The van der Waals surface area contributed by atoms with Crippen molar-refractivity contribution in [1.82, 2.24) is 9.88 Å². The Kier molecular flexibility index (Phi) is 2.46. The van der Waals surface area contributed by atoms with Gasteiger partial charge in [0.2, 0.25) is 0 Å². The van der Waals surface area contributed by atoms with Crippen molar-refractivity contribution in [3.8, 4) is 0 Å². The molecule has 2 aromatic rings. The van der Waals surface area contributed by atoms with Gasteiger partial charge in [0.25, 0.3) is 0 Å². The van der Waals surface area contributed by atoms with E-state index in [1.807, 2.05) is 44.1 Å². The highest BCUT2D eigenvalue weighted by atomic mass is 16.3. The highest BCUT2D eigenvalue weighted by molar-refractivity contribution is 5.73. The summed E-state index contributed by atoms with van der Waals surface area (Å²) in [5, 5.41) is 0. The summed E-state index contributed by atoms with van der Waals surface area (Å²) in [7, 11) is 3.89. The van der Waals surface area contributed by atoms with E-state index in [4.69, 9.17) is 10.2 Å². The Morgan fingerprint density at radius 2 is 2.13 bits per heavy atom. The van der Waals surface area contributed by atoms with Gasteiger partial charge < -0.3 is 10.2 Å². The molecule has 80 valence electrons. The highest BCUT2D eigenvalue weighted by Crippen LogP contribution is 2.20. The van der Waals surface area contributed by atoms with Crippen LogP contribution < -0.4 is 5.73 Å². The smallest absolute Gasteiger partial charge is 0.192 e. The van der Waals surface area contributed by atoms with Gasteiger partial charge in [-0.05, 0) is 31.8 Å². The van der Waals surface area contributed by atoms with E-state index in [1.54, 1.807) is 0 Å². The zero-order valence-corrected chi connectivity index (χ0v) is 9.19. The van der Waals surface area contributed by atoms with Gasteiger partial charge in [0.15, 0.2) is 11.5 Å². The van der Waals surface area contributed by atoms with Crippen molar-refractivity contribution in [1.29, 1.82) is 0 Å². The summed E-state index contributed by atoms with van der Waals surface area (Å²) < 4.78 is 5.40. The van der Waals surface area contributed by atoms with Crippen LogP contribution in [0.4, 0.5) is 0 Å². The van der Waals surface area contributed by atoms with Gasteiger partial charge >= 0.3 is 0 Å². The largest absolute Gasteiger partial charge is 0.441 e. The van der Waals surface area contributed by atoms with Gasteiger partial charge in [-0.25, -0.2) is 4.98 Å². The lowest BCUT2D eigenvalue weighted by atomic mass is 10.1. The Morgan fingerprint density at radius 3 is 2.80 bits per heavy atom. The summed E-state index contributed by atoms with van der Waals surface area (Å²) in [6.07, 6.45) is -0.105. The van der Waals surface area contributed by atoms with Crippen molar-refractivity contribution in [2.75, 3.05) is 14.1 Å². The van der Waals surface area contributed by atoms with Crippen molar-refractivity contribution in [2.45, 2.75) is 13.1 Å². The SMILES string of the molecule is Cc1nc2cc(C(N)N(C)C)ccc2o1. The molecule has 0 aliphatic rings. The first-order valence-electron chi connectivity index (χ1n) is 4.87. The van der Waals surface area contributed by atoms with E-state index in [-0.39, 0.29) is 6.17 Å². The lowest BCUT2D eigenvalue weighted by Gasteiger charge is -2.19. The van der Waals surface area contributed by atoms with Gasteiger partial charge in [0.1, 0.15) is 5.52 Å². The second kappa shape index (κ2) is 3.64. The standard InChI is InChI=1S/C11H15N3O/c1-7-13-9-6-8(11(12)14(2)3)4-5-10(9)15-7/h4-6,11H,12H2,1-3H3. The van der Waals surface area contributed by atoms with Gasteiger partial charge in [0.05, 0.1) is 6.17 Å². The summed E-state index contributed by atoms with van der Waals surface area (Å²) in [4.78, 5) is 6.23. The fraction of sp³-hybridized carbons (Fsp3) is 0.364. The lowest BCUT2D eigenvalue weighted by molar-refractivity contribution is 0.307. The molecule has 0 fully saturated rings. The van der Waals surface area contributed by atoms with E-state index in [2.05, 4.69) is 4.98 Å². The summed E-state index contributed by atoms with van der Waals surface area (Å²) in [5.41, 5.74) is 8.72. The average Bonchev–Trinajstić information content (AvgIpc) is 2.55. The molecule has 0 amide bonds. The summed E-state index contributed by atoms with van der Waals surface area (Å²) in [6.45, 7) is 1.84. The van der Waals surface area contributed by atoms with Gasteiger partial charge in [-0.3, -0.25) is 4.90 Å². The van der Waals surface area contributed by atoms with Crippen LogP contribution in [0.3, 0.4) is 0 Å².